The van der Waals surface area contributed by atoms with Crippen molar-refractivity contribution in [3.63, 3.8) is 0 Å². The zero-order valence-electron chi connectivity index (χ0n) is 16.7. The lowest BCUT2D eigenvalue weighted by molar-refractivity contribution is -0.209. The highest BCUT2D eigenvalue weighted by Gasteiger charge is 2.55. The SMILES string of the molecule is c1ccc2c(c1)C[C@@H]1C[C@H](c3ccc4c(c3)OCO4)O[C@]1(c1ccc3c(c1)OCO3)O2. The highest BCUT2D eigenvalue weighted by atomic mass is 16.7. The van der Waals surface area contributed by atoms with Crippen LogP contribution in [0, 0.1) is 5.92 Å². The van der Waals surface area contributed by atoms with E-state index in [4.69, 9.17) is 28.4 Å². The van der Waals surface area contributed by atoms with Gasteiger partial charge in [0, 0.05) is 11.5 Å². The Morgan fingerprint density at radius 3 is 2.32 bits per heavy atom. The molecule has 0 spiro atoms. The van der Waals surface area contributed by atoms with Gasteiger partial charge in [-0.05, 0) is 60.4 Å². The minimum absolute atomic E-state index is 0.126. The van der Waals surface area contributed by atoms with Gasteiger partial charge in [0.2, 0.25) is 19.4 Å². The fourth-order valence-corrected chi connectivity index (χ4v) is 5.09. The summed E-state index contributed by atoms with van der Waals surface area (Å²) in [5.74, 6) is 3.13. The maximum Gasteiger partial charge on any atom is 0.241 e. The van der Waals surface area contributed by atoms with Crippen molar-refractivity contribution < 1.29 is 28.4 Å². The molecule has 4 heterocycles. The van der Waals surface area contributed by atoms with Crippen LogP contribution in [0.15, 0.2) is 60.7 Å². The Bertz CT molecular complexity index is 1190. The van der Waals surface area contributed by atoms with Crippen LogP contribution in [0.5, 0.6) is 28.7 Å². The molecule has 0 unspecified atom stereocenters. The molecule has 0 bridgehead atoms. The van der Waals surface area contributed by atoms with Gasteiger partial charge in [0.05, 0.1) is 6.10 Å². The molecule has 0 amide bonds. The van der Waals surface area contributed by atoms with Gasteiger partial charge < -0.3 is 28.4 Å². The summed E-state index contributed by atoms with van der Waals surface area (Å²) in [6.45, 7) is 0.492. The third-order valence-corrected chi connectivity index (χ3v) is 6.60. The summed E-state index contributed by atoms with van der Waals surface area (Å²) in [5, 5.41) is 0. The van der Waals surface area contributed by atoms with Crippen LogP contribution in [0.4, 0.5) is 0 Å². The Labute approximate surface area is 179 Å². The molecule has 31 heavy (non-hydrogen) atoms. The molecule has 1 saturated heterocycles. The Morgan fingerprint density at radius 2 is 1.45 bits per heavy atom. The van der Waals surface area contributed by atoms with Crippen LogP contribution in [-0.2, 0) is 16.9 Å². The number of hydrogen-bond acceptors (Lipinski definition) is 6. The molecule has 4 aliphatic rings. The molecule has 3 aromatic carbocycles. The smallest absolute Gasteiger partial charge is 0.241 e. The summed E-state index contributed by atoms with van der Waals surface area (Å²) in [6, 6.07) is 20.2. The van der Waals surface area contributed by atoms with Crippen molar-refractivity contribution in [2.75, 3.05) is 13.6 Å². The van der Waals surface area contributed by atoms with Crippen LogP contribution in [-0.4, -0.2) is 13.6 Å². The molecule has 0 aromatic heterocycles. The quantitative estimate of drug-likeness (QED) is 0.603. The summed E-state index contributed by atoms with van der Waals surface area (Å²) >= 11 is 0. The number of rotatable bonds is 2. The Balaban J connectivity index is 1.32. The zero-order chi connectivity index (χ0) is 20.4. The molecule has 0 N–H and O–H groups in total. The second-order valence-corrected chi connectivity index (χ2v) is 8.30. The van der Waals surface area contributed by atoms with Gasteiger partial charge in [0.25, 0.3) is 0 Å². The van der Waals surface area contributed by atoms with Crippen molar-refractivity contribution in [3.05, 3.63) is 77.4 Å². The summed E-state index contributed by atoms with van der Waals surface area (Å²) in [6.07, 6.45) is 1.59. The van der Waals surface area contributed by atoms with E-state index >= 15 is 0 Å². The highest BCUT2D eigenvalue weighted by molar-refractivity contribution is 5.49. The molecule has 6 heteroatoms. The van der Waals surface area contributed by atoms with Crippen molar-refractivity contribution in [2.24, 2.45) is 5.92 Å². The number of fused-ring (bicyclic) bond motifs is 4. The first-order valence-electron chi connectivity index (χ1n) is 10.5. The van der Waals surface area contributed by atoms with Crippen LogP contribution in [0.2, 0.25) is 0 Å². The molecule has 3 atom stereocenters. The third kappa shape index (κ3) is 2.55. The predicted molar refractivity (Wildman–Crippen MR) is 110 cm³/mol. The van der Waals surface area contributed by atoms with Crippen molar-refractivity contribution in [1.82, 2.24) is 0 Å². The molecule has 156 valence electrons. The number of ether oxygens (including phenoxy) is 6. The lowest BCUT2D eigenvalue weighted by atomic mass is 9.82. The molecule has 0 saturated carbocycles. The normalized spacial score (nSPS) is 26.8. The summed E-state index contributed by atoms with van der Waals surface area (Å²) in [7, 11) is 0. The zero-order valence-corrected chi connectivity index (χ0v) is 16.7. The summed E-state index contributed by atoms with van der Waals surface area (Å²) in [4.78, 5) is 0. The largest absolute Gasteiger partial charge is 0.457 e. The van der Waals surface area contributed by atoms with Gasteiger partial charge in [-0.2, -0.15) is 0 Å². The predicted octanol–water partition coefficient (Wildman–Crippen LogP) is 4.71. The van der Waals surface area contributed by atoms with E-state index in [2.05, 4.69) is 18.2 Å². The highest BCUT2D eigenvalue weighted by Crippen LogP contribution is 2.56. The molecule has 3 aromatic rings. The second-order valence-electron chi connectivity index (χ2n) is 8.30. The third-order valence-electron chi connectivity index (χ3n) is 6.60. The summed E-state index contributed by atoms with van der Waals surface area (Å²) in [5.41, 5.74) is 3.21. The van der Waals surface area contributed by atoms with E-state index in [9.17, 15) is 0 Å². The number of hydrogen-bond donors (Lipinski definition) is 0. The van der Waals surface area contributed by atoms with Crippen LogP contribution >= 0.6 is 0 Å². The first kappa shape index (κ1) is 17.3. The Hall–Kier alpha value is -3.38. The van der Waals surface area contributed by atoms with Crippen LogP contribution in [0.25, 0.3) is 0 Å². The summed E-state index contributed by atoms with van der Waals surface area (Å²) < 4.78 is 35.7. The lowest BCUT2D eigenvalue weighted by Gasteiger charge is -2.39. The maximum atomic E-state index is 6.79. The standard InChI is InChI=1S/C25H20O6/c1-2-4-19-15(3-1)9-18-12-22(16-5-7-20-23(10-16)28-13-26-20)31-25(18,30-19)17-6-8-21-24(11-17)29-14-27-21/h1-8,10-11,18,22H,9,12-14H2/t18-,22-,25+/m1/s1. The molecule has 7 rings (SSSR count). The molecule has 1 fully saturated rings. The van der Waals surface area contributed by atoms with Gasteiger partial charge >= 0.3 is 0 Å². The molecular weight excluding hydrogens is 396 g/mol. The van der Waals surface area contributed by atoms with Crippen LogP contribution < -0.4 is 23.7 Å². The van der Waals surface area contributed by atoms with Crippen molar-refractivity contribution in [1.29, 1.82) is 0 Å². The lowest BCUT2D eigenvalue weighted by Crippen LogP contribution is -2.42. The number of benzene rings is 3. The van der Waals surface area contributed by atoms with E-state index in [1.165, 1.54) is 5.56 Å². The minimum Gasteiger partial charge on any atom is -0.457 e. The molecule has 4 aliphatic heterocycles. The first-order valence-corrected chi connectivity index (χ1v) is 10.5. The van der Waals surface area contributed by atoms with E-state index in [1.54, 1.807) is 0 Å². The monoisotopic (exact) mass is 416 g/mol. The van der Waals surface area contributed by atoms with Gasteiger partial charge in [0.1, 0.15) is 5.75 Å². The van der Waals surface area contributed by atoms with Gasteiger partial charge in [-0.1, -0.05) is 24.3 Å². The Kier molecular flexibility index (Phi) is 3.52. The average molecular weight is 416 g/mol. The Morgan fingerprint density at radius 1 is 0.710 bits per heavy atom. The average Bonchev–Trinajstić information content (AvgIpc) is 3.54. The molecule has 0 radical (unpaired) electrons. The van der Waals surface area contributed by atoms with Crippen molar-refractivity contribution in [3.8, 4) is 28.7 Å². The fourth-order valence-electron chi connectivity index (χ4n) is 5.09. The molecule has 0 aliphatic carbocycles. The van der Waals surface area contributed by atoms with E-state index in [1.807, 2.05) is 42.5 Å². The fraction of sp³-hybridized carbons (Fsp3) is 0.280. The van der Waals surface area contributed by atoms with Gasteiger partial charge in [-0.25, -0.2) is 0 Å². The number of para-hydroxylation sites is 1. The van der Waals surface area contributed by atoms with E-state index < -0.39 is 5.79 Å². The topological polar surface area (TPSA) is 55.4 Å². The van der Waals surface area contributed by atoms with Gasteiger partial charge in [-0.15, -0.1) is 0 Å². The van der Waals surface area contributed by atoms with Crippen LogP contribution in [0.1, 0.15) is 29.2 Å². The van der Waals surface area contributed by atoms with Crippen molar-refractivity contribution >= 4 is 0 Å². The first-order chi connectivity index (χ1) is 15.3. The van der Waals surface area contributed by atoms with Gasteiger partial charge in [-0.3, -0.25) is 0 Å². The van der Waals surface area contributed by atoms with E-state index in [0.29, 0.717) is 0 Å². The molecular formula is C25H20O6. The second kappa shape index (κ2) is 6.31. The van der Waals surface area contributed by atoms with Crippen molar-refractivity contribution in [2.45, 2.75) is 24.7 Å². The van der Waals surface area contributed by atoms with Crippen LogP contribution in [0.3, 0.4) is 0 Å². The van der Waals surface area contributed by atoms with E-state index in [0.717, 1.165) is 52.7 Å². The maximum absolute atomic E-state index is 6.79. The van der Waals surface area contributed by atoms with Gasteiger partial charge in [0.15, 0.2) is 23.0 Å². The minimum atomic E-state index is -0.892. The molecule has 6 nitrogen and oxygen atoms in total. The van der Waals surface area contributed by atoms with E-state index in [-0.39, 0.29) is 25.6 Å².